The summed E-state index contributed by atoms with van der Waals surface area (Å²) in [5.41, 5.74) is 3.67. The van der Waals surface area contributed by atoms with E-state index in [0.29, 0.717) is 23.5 Å². The molecule has 0 radical (unpaired) electrons. The number of sulfonamides is 1. The van der Waals surface area contributed by atoms with Crippen molar-refractivity contribution in [1.82, 2.24) is 29.2 Å². The summed E-state index contributed by atoms with van der Waals surface area (Å²) in [7, 11) is -3.54. The number of unbranched alkanes of at least 4 members (excludes halogenated alkanes) is 1. The number of aliphatic hydroxyl groups is 1. The highest BCUT2D eigenvalue weighted by Gasteiger charge is 2.26. The SMILES string of the molecule is C=O.CCCCS(=O)(=O)NC(O)Cn1cnc2c(N3CCC(c4ccc5c(n4)NCCC5)CC3)ncnc21. The zero-order chi connectivity index (χ0) is 27.1. The molecule has 2 aliphatic heterocycles. The van der Waals surface area contributed by atoms with Crippen molar-refractivity contribution in [2.75, 3.05) is 35.6 Å². The average molecular weight is 545 g/mol. The fraction of sp³-hybridized carbons (Fsp3) is 0.560. The van der Waals surface area contributed by atoms with Gasteiger partial charge in [-0.15, -0.1) is 0 Å². The minimum Gasteiger partial charge on any atom is -0.376 e. The van der Waals surface area contributed by atoms with Crippen molar-refractivity contribution < 1.29 is 18.3 Å². The number of hydrogen-bond acceptors (Lipinski definition) is 10. The van der Waals surface area contributed by atoms with E-state index in [1.54, 1.807) is 10.9 Å². The van der Waals surface area contributed by atoms with E-state index in [-0.39, 0.29) is 12.3 Å². The van der Waals surface area contributed by atoms with E-state index in [2.05, 4.69) is 42.0 Å². The van der Waals surface area contributed by atoms with Crippen LogP contribution in [0.2, 0.25) is 0 Å². The molecule has 3 N–H and O–H groups in total. The van der Waals surface area contributed by atoms with Gasteiger partial charge < -0.3 is 24.7 Å². The molecule has 3 aromatic heterocycles. The molecule has 5 heterocycles. The Morgan fingerprint density at radius 1 is 1.21 bits per heavy atom. The van der Waals surface area contributed by atoms with Crippen LogP contribution in [0.4, 0.5) is 11.6 Å². The van der Waals surface area contributed by atoms with Crippen LogP contribution in [-0.2, 0) is 27.8 Å². The Kier molecular flexibility index (Phi) is 9.23. The van der Waals surface area contributed by atoms with E-state index in [1.165, 1.54) is 11.9 Å². The number of aromatic nitrogens is 5. The number of carbonyl (C=O) groups is 1. The first-order valence-corrected chi connectivity index (χ1v) is 14.7. The van der Waals surface area contributed by atoms with Gasteiger partial charge in [-0.3, -0.25) is 0 Å². The van der Waals surface area contributed by atoms with Crippen LogP contribution in [0.3, 0.4) is 0 Å². The van der Waals surface area contributed by atoms with E-state index in [0.717, 1.165) is 69.1 Å². The van der Waals surface area contributed by atoms with Crippen LogP contribution in [0.1, 0.15) is 56.2 Å². The van der Waals surface area contributed by atoms with E-state index in [9.17, 15) is 13.5 Å². The number of pyridine rings is 1. The summed E-state index contributed by atoms with van der Waals surface area (Å²) in [4.78, 5) is 28.5. The molecule has 0 aliphatic carbocycles. The van der Waals surface area contributed by atoms with Crippen LogP contribution in [0.25, 0.3) is 11.2 Å². The summed E-state index contributed by atoms with van der Waals surface area (Å²) < 4.78 is 28.2. The second kappa shape index (κ2) is 12.6. The lowest BCUT2D eigenvalue weighted by Crippen LogP contribution is -2.39. The Bertz CT molecular complexity index is 1320. The summed E-state index contributed by atoms with van der Waals surface area (Å²) in [6.45, 7) is 6.58. The van der Waals surface area contributed by atoms with E-state index >= 15 is 0 Å². The molecule has 0 spiro atoms. The summed E-state index contributed by atoms with van der Waals surface area (Å²) in [6.07, 6.45) is 7.29. The first kappa shape index (κ1) is 27.9. The van der Waals surface area contributed by atoms with Crippen molar-refractivity contribution in [2.45, 2.75) is 64.1 Å². The monoisotopic (exact) mass is 544 g/mol. The predicted molar refractivity (Wildman–Crippen MR) is 146 cm³/mol. The van der Waals surface area contributed by atoms with Gasteiger partial charge in [0, 0.05) is 31.2 Å². The summed E-state index contributed by atoms with van der Waals surface area (Å²) >= 11 is 0. The smallest absolute Gasteiger partial charge is 0.213 e. The lowest BCUT2D eigenvalue weighted by Gasteiger charge is -2.33. The molecule has 1 unspecified atom stereocenters. The molecule has 1 fully saturated rings. The van der Waals surface area contributed by atoms with Gasteiger partial charge in [-0.1, -0.05) is 19.4 Å². The normalized spacial score (nSPS) is 16.8. The van der Waals surface area contributed by atoms with Crippen LogP contribution in [0.15, 0.2) is 24.8 Å². The molecule has 3 aromatic rings. The zero-order valence-electron chi connectivity index (χ0n) is 21.7. The summed E-state index contributed by atoms with van der Waals surface area (Å²) in [5.74, 6) is 2.20. The molecule has 0 bridgehead atoms. The van der Waals surface area contributed by atoms with Gasteiger partial charge in [0.1, 0.15) is 25.2 Å². The van der Waals surface area contributed by atoms with Crippen LogP contribution in [-0.4, -0.2) is 76.4 Å². The highest BCUT2D eigenvalue weighted by atomic mass is 32.2. The number of aliphatic hydroxyl groups excluding tert-OH is 1. The molecular formula is C25H36N8O4S. The van der Waals surface area contributed by atoms with Crippen molar-refractivity contribution in [1.29, 1.82) is 0 Å². The van der Waals surface area contributed by atoms with E-state index in [1.807, 2.05) is 13.7 Å². The van der Waals surface area contributed by atoms with Crippen LogP contribution in [0, 0.1) is 0 Å². The number of fused-ring (bicyclic) bond motifs is 2. The number of hydrogen-bond donors (Lipinski definition) is 3. The number of piperidine rings is 1. The van der Waals surface area contributed by atoms with Crippen LogP contribution < -0.4 is 14.9 Å². The third-order valence-corrected chi connectivity index (χ3v) is 8.42. The Labute approximate surface area is 223 Å². The summed E-state index contributed by atoms with van der Waals surface area (Å²) in [5, 5.41) is 13.8. The van der Waals surface area contributed by atoms with Gasteiger partial charge in [-0.05, 0) is 43.7 Å². The molecule has 38 heavy (non-hydrogen) atoms. The molecule has 2 aliphatic rings. The first-order chi connectivity index (χ1) is 18.4. The van der Waals surface area contributed by atoms with Gasteiger partial charge in [-0.2, -0.15) is 4.72 Å². The van der Waals surface area contributed by atoms with Gasteiger partial charge >= 0.3 is 0 Å². The maximum Gasteiger partial charge on any atom is 0.213 e. The highest BCUT2D eigenvalue weighted by Crippen LogP contribution is 2.32. The second-order valence-electron chi connectivity index (χ2n) is 9.61. The maximum atomic E-state index is 12.1. The summed E-state index contributed by atoms with van der Waals surface area (Å²) in [6, 6.07) is 4.40. The molecule has 0 amide bonds. The fourth-order valence-electron chi connectivity index (χ4n) is 5.02. The third kappa shape index (κ3) is 6.45. The largest absolute Gasteiger partial charge is 0.376 e. The van der Waals surface area contributed by atoms with Gasteiger partial charge in [0.05, 0.1) is 18.6 Å². The van der Waals surface area contributed by atoms with Gasteiger partial charge in [-0.25, -0.2) is 28.4 Å². The minimum absolute atomic E-state index is 0.00893. The molecular weight excluding hydrogens is 508 g/mol. The van der Waals surface area contributed by atoms with Crippen LogP contribution >= 0.6 is 0 Å². The molecule has 0 aromatic carbocycles. The maximum absolute atomic E-state index is 12.1. The standard InChI is InChI=1S/C24H34N8O3S.CH2O/c1-2-3-13-36(34,35)30-20(33)14-32-16-28-21-23(26-15-27-24(21)32)31-11-8-17(9-12-31)19-7-6-18-5-4-10-25-22(18)29-19;1-2/h6-7,15-17,20,30,33H,2-5,8-14H2,1H3,(H,25,29);1H2. The third-order valence-electron chi connectivity index (χ3n) is 6.96. The predicted octanol–water partition coefficient (Wildman–Crippen LogP) is 1.82. The number of nitrogens with one attached hydrogen (secondary N) is 2. The lowest BCUT2D eigenvalue weighted by atomic mass is 9.92. The number of imidazole rings is 1. The first-order valence-electron chi connectivity index (χ1n) is 13.0. The van der Waals surface area contributed by atoms with Crippen molar-refractivity contribution >= 4 is 39.6 Å². The van der Waals surface area contributed by atoms with Crippen molar-refractivity contribution in [3.8, 4) is 0 Å². The minimum atomic E-state index is -3.54. The van der Waals surface area contributed by atoms with Crippen molar-refractivity contribution in [3.63, 3.8) is 0 Å². The van der Waals surface area contributed by atoms with Crippen molar-refractivity contribution in [3.05, 3.63) is 36.0 Å². The lowest BCUT2D eigenvalue weighted by molar-refractivity contribution is -0.0980. The molecule has 206 valence electrons. The number of carbonyl (C=O) groups excluding carboxylic acids is 1. The average Bonchev–Trinajstić information content (AvgIpc) is 3.35. The van der Waals surface area contributed by atoms with E-state index < -0.39 is 16.3 Å². The zero-order valence-corrected chi connectivity index (χ0v) is 22.5. The molecule has 13 heteroatoms. The quantitative estimate of drug-likeness (QED) is 0.340. The number of aryl methyl sites for hydroxylation is 1. The highest BCUT2D eigenvalue weighted by molar-refractivity contribution is 7.89. The molecule has 12 nitrogen and oxygen atoms in total. The van der Waals surface area contributed by atoms with Crippen LogP contribution in [0.5, 0.6) is 0 Å². The van der Waals surface area contributed by atoms with Gasteiger partial charge in [0.25, 0.3) is 0 Å². The van der Waals surface area contributed by atoms with E-state index in [4.69, 9.17) is 9.78 Å². The number of nitrogens with zero attached hydrogens (tertiary/aromatic N) is 6. The number of anilines is 2. The van der Waals surface area contributed by atoms with Crippen molar-refractivity contribution in [2.24, 2.45) is 0 Å². The Balaban J connectivity index is 0.00000164. The Morgan fingerprint density at radius 2 is 2.00 bits per heavy atom. The molecule has 1 saturated heterocycles. The van der Waals surface area contributed by atoms with Gasteiger partial charge in [0.2, 0.25) is 10.0 Å². The number of rotatable bonds is 9. The second-order valence-corrected chi connectivity index (χ2v) is 11.5. The molecule has 1 atom stereocenters. The molecule has 5 rings (SSSR count). The fourth-order valence-corrected chi connectivity index (χ4v) is 6.29. The Morgan fingerprint density at radius 3 is 2.76 bits per heavy atom. The van der Waals surface area contributed by atoms with Gasteiger partial charge in [0.15, 0.2) is 17.0 Å². The molecule has 0 saturated carbocycles. The Hall–Kier alpha value is -3.16. The topological polar surface area (TPSA) is 155 Å².